The fourth-order valence-corrected chi connectivity index (χ4v) is 5.79. The van der Waals surface area contributed by atoms with Gasteiger partial charge in [0.25, 0.3) is 5.91 Å². The number of amides is 1. The van der Waals surface area contributed by atoms with Gasteiger partial charge in [-0.15, -0.1) is 0 Å². The Balaban J connectivity index is 1.10. The number of aromatic nitrogens is 6. The Bertz CT molecular complexity index is 1770. The van der Waals surface area contributed by atoms with E-state index in [9.17, 15) is 10.1 Å². The predicted molar refractivity (Wildman–Crippen MR) is 145 cm³/mol. The molecule has 192 valence electrons. The highest BCUT2D eigenvalue weighted by Crippen LogP contribution is 2.46. The molecule has 6 heterocycles. The molecule has 3 atom stereocenters. The van der Waals surface area contributed by atoms with E-state index in [1.165, 1.54) is 0 Å². The van der Waals surface area contributed by atoms with E-state index in [4.69, 9.17) is 16.6 Å². The summed E-state index contributed by atoms with van der Waals surface area (Å²) < 4.78 is 3.49. The number of halogens is 1. The van der Waals surface area contributed by atoms with E-state index in [0.29, 0.717) is 22.4 Å². The lowest BCUT2D eigenvalue weighted by Gasteiger charge is -2.21. The minimum atomic E-state index is -0.231. The molecule has 1 aliphatic carbocycles. The molecule has 1 amide bonds. The molecule has 39 heavy (non-hydrogen) atoms. The van der Waals surface area contributed by atoms with Gasteiger partial charge in [-0.2, -0.15) is 15.5 Å². The Morgan fingerprint density at radius 1 is 1.05 bits per heavy atom. The monoisotopic (exact) mass is 535 g/mol. The highest BCUT2D eigenvalue weighted by Gasteiger charge is 2.56. The van der Waals surface area contributed by atoms with E-state index in [2.05, 4.69) is 37.5 Å². The normalized spacial score (nSPS) is 19.6. The Morgan fingerprint density at radius 2 is 1.90 bits per heavy atom. The van der Waals surface area contributed by atoms with Gasteiger partial charge < -0.3 is 10.2 Å². The average molecular weight is 536 g/mol. The van der Waals surface area contributed by atoms with Crippen molar-refractivity contribution in [2.45, 2.75) is 6.04 Å². The van der Waals surface area contributed by atoms with Gasteiger partial charge in [-0.05, 0) is 30.3 Å². The first kappa shape index (κ1) is 23.4. The number of carbonyl (C=O) groups is 1. The maximum Gasteiger partial charge on any atom is 0.271 e. The number of piperidine rings is 1. The van der Waals surface area contributed by atoms with Gasteiger partial charge in [0, 0.05) is 85.1 Å². The first-order valence-corrected chi connectivity index (χ1v) is 12.9. The number of anilines is 1. The summed E-state index contributed by atoms with van der Waals surface area (Å²) in [6.45, 7) is 1.64. The maximum atomic E-state index is 12.6. The molecular weight excluding hydrogens is 514 g/mol. The molecule has 5 aromatic heterocycles. The number of hydrogen-bond acceptors (Lipinski definition) is 7. The minimum Gasteiger partial charge on any atom is -0.356 e. The summed E-state index contributed by atoms with van der Waals surface area (Å²) in [5, 5.41) is 21.8. The number of nitrogens with one attached hydrogen (secondary N) is 1. The van der Waals surface area contributed by atoms with Gasteiger partial charge in [-0.1, -0.05) is 11.6 Å². The smallest absolute Gasteiger partial charge is 0.271 e. The zero-order valence-corrected chi connectivity index (χ0v) is 21.6. The Hall–Kier alpha value is -4.75. The van der Waals surface area contributed by atoms with Crippen LogP contribution in [0.1, 0.15) is 16.1 Å². The summed E-state index contributed by atoms with van der Waals surface area (Å²) >= 11 is 6.12. The van der Waals surface area contributed by atoms with Gasteiger partial charge in [0.15, 0.2) is 0 Å². The second-order valence-electron chi connectivity index (χ2n) is 9.98. The molecule has 11 heteroatoms. The average Bonchev–Trinajstić information content (AvgIpc) is 3.40. The fraction of sp³-hybridized carbons (Fsp3) is 0.214. The van der Waals surface area contributed by atoms with Crippen LogP contribution in [0.25, 0.3) is 27.8 Å². The van der Waals surface area contributed by atoms with Crippen LogP contribution < -0.4 is 10.2 Å². The van der Waals surface area contributed by atoms with Crippen LogP contribution in [0.5, 0.6) is 0 Å². The number of rotatable bonds is 5. The molecule has 0 bridgehead atoms. The minimum absolute atomic E-state index is 0.126. The Labute approximate surface area is 228 Å². The first-order chi connectivity index (χ1) is 19.0. The van der Waals surface area contributed by atoms with Crippen LogP contribution in [0.2, 0.25) is 5.02 Å². The molecular formula is C28H22ClN9O. The largest absolute Gasteiger partial charge is 0.356 e. The van der Waals surface area contributed by atoms with Gasteiger partial charge in [0.1, 0.15) is 17.6 Å². The van der Waals surface area contributed by atoms with Crippen LogP contribution in [-0.2, 0) is 7.05 Å². The SMILES string of the molecule is Cn1cc(-c2cc(-c3ccc(N4C[C@@H]5[C@H](C4)[C@@H]5NC(=O)c4ncccc4Cl)nc3)c3c(C#N)cnn3c2)cn1. The van der Waals surface area contributed by atoms with Crippen LogP contribution >= 0.6 is 11.6 Å². The van der Waals surface area contributed by atoms with E-state index >= 15 is 0 Å². The van der Waals surface area contributed by atoms with Crippen molar-refractivity contribution in [2.75, 3.05) is 18.0 Å². The van der Waals surface area contributed by atoms with Crippen molar-refractivity contribution in [1.29, 1.82) is 5.26 Å². The van der Waals surface area contributed by atoms with Gasteiger partial charge in [-0.3, -0.25) is 9.48 Å². The van der Waals surface area contributed by atoms with Gasteiger partial charge in [-0.25, -0.2) is 14.5 Å². The van der Waals surface area contributed by atoms with E-state index in [-0.39, 0.29) is 17.6 Å². The Kier molecular flexibility index (Phi) is 5.35. The fourth-order valence-electron chi connectivity index (χ4n) is 5.58. The van der Waals surface area contributed by atoms with Crippen LogP contribution in [0.15, 0.2) is 67.5 Å². The van der Waals surface area contributed by atoms with Crippen LogP contribution in [-0.4, -0.2) is 54.4 Å². The summed E-state index contributed by atoms with van der Waals surface area (Å²) in [5.41, 5.74) is 5.19. The summed E-state index contributed by atoms with van der Waals surface area (Å²) in [6.07, 6.45) is 10.7. The second kappa shape index (κ2) is 8.92. The number of carbonyl (C=O) groups excluding carboxylic acids is 1. The number of hydrogen-bond donors (Lipinski definition) is 1. The molecule has 1 saturated heterocycles. The lowest BCUT2D eigenvalue weighted by Crippen LogP contribution is -2.35. The van der Waals surface area contributed by atoms with Crippen molar-refractivity contribution >= 4 is 28.8 Å². The van der Waals surface area contributed by atoms with Gasteiger partial charge in [0.2, 0.25) is 0 Å². The molecule has 0 aromatic carbocycles. The molecule has 1 N–H and O–H groups in total. The van der Waals surface area contributed by atoms with E-state index in [1.54, 1.807) is 39.9 Å². The van der Waals surface area contributed by atoms with E-state index in [1.807, 2.05) is 37.8 Å². The standard InChI is InChI=1S/C28H22ClN9O/c1-36-12-19(11-33-36)17-7-20(27-18(8-30)10-34-38(27)13-17)16-4-5-24(32-9-16)37-14-21-22(15-37)25(21)35-28(39)26-23(29)3-2-6-31-26/h2-7,9-13,21-22,25H,14-15H2,1H3,(H,35,39)/t21-,22+,25-. The summed E-state index contributed by atoms with van der Waals surface area (Å²) in [7, 11) is 1.88. The van der Waals surface area contributed by atoms with Crippen molar-refractivity contribution in [3.8, 4) is 28.3 Å². The Morgan fingerprint density at radius 3 is 2.59 bits per heavy atom. The molecule has 10 nitrogen and oxygen atoms in total. The van der Waals surface area contributed by atoms with Crippen molar-refractivity contribution in [2.24, 2.45) is 18.9 Å². The molecule has 5 aromatic rings. The molecule has 2 fully saturated rings. The third-order valence-electron chi connectivity index (χ3n) is 7.62. The van der Waals surface area contributed by atoms with Gasteiger partial charge >= 0.3 is 0 Å². The molecule has 1 aliphatic heterocycles. The van der Waals surface area contributed by atoms with Crippen LogP contribution in [0.4, 0.5) is 5.82 Å². The van der Waals surface area contributed by atoms with Crippen LogP contribution in [0.3, 0.4) is 0 Å². The number of aryl methyl sites for hydroxylation is 1. The highest BCUT2D eigenvalue weighted by molar-refractivity contribution is 6.33. The molecule has 0 radical (unpaired) electrons. The van der Waals surface area contributed by atoms with Crippen molar-refractivity contribution in [3.63, 3.8) is 0 Å². The summed E-state index contributed by atoms with van der Waals surface area (Å²) in [4.78, 5) is 23.7. The molecule has 0 unspecified atom stereocenters. The summed E-state index contributed by atoms with van der Waals surface area (Å²) in [6, 6.07) is 11.9. The van der Waals surface area contributed by atoms with Gasteiger partial charge in [0.05, 0.1) is 28.5 Å². The first-order valence-electron chi connectivity index (χ1n) is 12.5. The van der Waals surface area contributed by atoms with Crippen molar-refractivity contribution in [1.82, 2.24) is 34.7 Å². The zero-order chi connectivity index (χ0) is 26.7. The number of nitrogens with zero attached hydrogens (tertiary/aromatic N) is 8. The molecule has 0 spiro atoms. The van der Waals surface area contributed by atoms with Crippen molar-refractivity contribution < 1.29 is 4.79 Å². The zero-order valence-electron chi connectivity index (χ0n) is 20.9. The quantitative estimate of drug-likeness (QED) is 0.365. The number of pyridine rings is 3. The molecule has 7 rings (SSSR count). The molecule has 1 saturated carbocycles. The summed E-state index contributed by atoms with van der Waals surface area (Å²) in [5.74, 6) is 1.40. The van der Waals surface area contributed by atoms with E-state index < -0.39 is 0 Å². The predicted octanol–water partition coefficient (Wildman–Crippen LogP) is 3.58. The van der Waals surface area contributed by atoms with Crippen LogP contribution in [0, 0.1) is 23.2 Å². The lowest BCUT2D eigenvalue weighted by atomic mass is 10.0. The number of nitriles is 1. The topological polar surface area (TPSA) is 117 Å². The van der Waals surface area contributed by atoms with Crippen molar-refractivity contribution in [3.05, 3.63) is 83.8 Å². The second-order valence-corrected chi connectivity index (χ2v) is 10.4. The molecule has 2 aliphatic rings. The lowest BCUT2D eigenvalue weighted by molar-refractivity contribution is 0.0942. The third-order valence-corrected chi connectivity index (χ3v) is 7.92. The third kappa shape index (κ3) is 3.99. The number of fused-ring (bicyclic) bond motifs is 2. The highest BCUT2D eigenvalue weighted by atomic mass is 35.5. The van der Waals surface area contributed by atoms with E-state index in [0.717, 1.165) is 46.7 Å². The maximum absolute atomic E-state index is 12.6.